The fourth-order valence-corrected chi connectivity index (χ4v) is 2.82. The lowest BCUT2D eigenvalue weighted by Gasteiger charge is -2.36. The standard InChI is InChI=1S/C14H21NO2/c1-2-4-14(5-7-15-8-6-14)13(16)10-12-3-9-17-11-12/h3,9,11,15H,2,4-8,10H2,1H3. The van der Waals surface area contributed by atoms with Gasteiger partial charge in [-0.1, -0.05) is 13.3 Å². The molecule has 0 unspecified atom stereocenters. The molecule has 2 heterocycles. The molecule has 0 radical (unpaired) electrons. The summed E-state index contributed by atoms with van der Waals surface area (Å²) in [4.78, 5) is 12.5. The quantitative estimate of drug-likeness (QED) is 0.853. The van der Waals surface area contributed by atoms with E-state index in [4.69, 9.17) is 4.42 Å². The van der Waals surface area contributed by atoms with Crippen molar-refractivity contribution in [1.82, 2.24) is 5.32 Å². The van der Waals surface area contributed by atoms with Crippen LogP contribution in [0.2, 0.25) is 0 Å². The van der Waals surface area contributed by atoms with Crippen LogP contribution in [-0.2, 0) is 11.2 Å². The fraction of sp³-hybridized carbons (Fsp3) is 0.643. The maximum atomic E-state index is 12.5. The second kappa shape index (κ2) is 5.50. The molecule has 0 saturated carbocycles. The van der Waals surface area contributed by atoms with Crippen LogP contribution in [0, 0.1) is 5.41 Å². The van der Waals surface area contributed by atoms with Crippen molar-refractivity contribution in [2.24, 2.45) is 5.41 Å². The third-order valence-electron chi connectivity index (χ3n) is 3.83. The van der Waals surface area contributed by atoms with Crippen LogP contribution in [0.15, 0.2) is 23.0 Å². The minimum atomic E-state index is -0.0860. The molecule has 1 aliphatic rings. The molecule has 1 aromatic heterocycles. The normalized spacial score (nSPS) is 19.1. The number of carbonyl (C=O) groups is 1. The largest absolute Gasteiger partial charge is 0.472 e. The molecule has 1 aromatic rings. The van der Waals surface area contributed by atoms with Crippen LogP contribution in [0.25, 0.3) is 0 Å². The van der Waals surface area contributed by atoms with Gasteiger partial charge in [0.15, 0.2) is 0 Å². The predicted octanol–water partition coefficient (Wildman–Crippen LogP) is 2.56. The smallest absolute Gasteiger partial charge is 0.143 e. The van der Waals surface area contributed by atoms with Crippen molar-refractivity contribution >= 4 is 5.78 Å². The summed E-state index contributed by atoms with van der Waals surface area (Å²) in [7, 11) is 0. The van der Waals surface area contributed by atoms with Gasteiger partial charge in [0.05, 0.1) is 12.5 Å². The molecule has 2 rings (SSSR count). The Morgan fingerprint density at radius 1 is 1.47 bits per heavy atom. The fourth-order valence-electron chi connectivity index (χ4n) is 2.82. The summed E-state index contributed by atoms with van der Waals surface area (Å²) in [6.07, 6.45) is 7.91. The van der Waals surface area contributed by atoms with Gasteiger partial charge in [-0.25, -0.2) is 0 Å². The summed E-state index contributed by atoms with van der Waals surface area (Å²) in [6, 6.07) is 1.89. The second-order valence-electron chi connectivity index (χ2n) is 5.01. The van der Waals surface area contributed by atoms with Crippen LogP contribution in [0.3, 0.4) is 0 Å². The second-order valence-corrected chi connectivity index (χ2v) is 5.01. The highest BCUT2D eigenvalue weighted by molar-refractivity contribution is 5.86. The Balaban J connectivity index is 2.06. The summed E-state index contributed by atoms with van der Waals surface area (Å²) >= 11 is 0. The van der Waals surface area contributed by atoms with E-state index in [0.717, 1.165) is 44.3 Å². The molecular formula is C14H21NO2. The van der Waals surface area contributed by atoms with Crippen LogP contribution in [0.4, 0.5) is 0 Å². The van der Waals surface area contributed by atoms with Gasteiger partial charge in [-0.05, 0) is 44.0 Å². The van der Waals surface area contributed by atoms with E-state index in [-0.39, 0.29) is 5.41 Å². The summed E-state index contributed by atoms with van der Waals surface area (Å²) in [5.74, 6) is 0.391. The molecular weight excluding hydrogens is 214 g/mol. The Morgan fingerprint density at radius 3 is 2.82 bits per heavy atom. The summed E-state index contributed by atoms with van der Waals surface area (Å²) in [5.41, 5.74) is 0.918. The number of rotatable bonds is 5. The van der Waals surface area contributed by atoms with E-state index in [1.54, 1.807) is 12.5 Å². The number of piperidine rings is 1. The first-order valence-corrected chi connectivity index (χ1v) is 6.52. The highest BCUT2D eigenvalue weighted by Gasteiger charge is 2.37. The van der Waals surface area contributed by atoms with Crippen molar-refractivity contribution in [2.75, 3.05) is 13.1 Å². The number of ketones is 1. The van der Waals surface area contributed by atoms with Gasteiger partial charge in [-0.3, -0.25) is 4.79 Å². The van der Waals surface area contributed by atoms with Crippen molar-refractivity contribution < 1.29 is 9.21 Å². The minimum absolute atomic E-state index is 0.0860. The van der Waals surface area contributed by atoms with Gasteiger partial charge in [-0.2, -0.15) is 0 Å². The Morgan fingerprint density at radius 2 is 2.24 bits per heavy atom. The number of Topliss-reactive ketones (excluding diaryl/α,β-unsaturated/α-hetero) is 1. The highest BCUT2D eigenvalue weighted by Crippen LogP contribution is 2.36. The van der Waals surface area contributed by atoms with Gasteiger partial charge >= 0.3 is 0 Å². The predicted molar refractivity (Wildman–Crippen MR) is 66.9 cm³/mol. The lowest BCUT2D eigenvalue weighted by molar-refractivity contribution is -0.130. The maximum absolute atomic E-state index is 12.5. The molecule has 0 spiro atoms. The molecule has 94 valence electrons. The first-order chi connectivity index (χ1) is 8.27. The van der Waals surface area contributed by atoms with E-state index in [2.05, 4.69) is 12.2 Å². The lowest BCUT2D eigenvalue weighted by atomic mass is 9.71. The molecule has 0 bridgehead atoms. The minimum Gasteiger partial charge on any atom is -0.472 e. The van der Waals surface area contributed by atoms with Crippen molar-refractivity contribution in [3.8, 4) is 0 Å². The molecule has 0 aliphatic carbocycles. The Kier molecular flexibility index (Phi) is 4.00. The van der Waals surface area contributed by atoms with Crippen LogP contribution in [-0.4, -0.2) is 18.9 Å². The summed E-state index contributed by atoms with van der Waals surface area (Å²) in [6.45, 7) is 4.10. The molecule has 3 nitrogen and oxygen atoms in total. The molecule has 0 aromatic carbocycles. The van der Waals surface area contributed by atoms with Crippen LogP contribution < -0.4 is 5.32 Å². The third kappa shape index (κ3) is 2.78. The zero-order valence-electron chi connectivity index (χ0n) is 10.5. The third-order valence-corrected chi connectivity index (χ3v) is 3.83. The van der Waals surface area contributed by atoms with Gasteiger partial charge in [0, 0.05) is 11.8 Å². The van der Waals surface area contributed by atoms with Gasteiger partial charge in [0.2, 0.25) is 0 Å². The van der Waals surface area contributed by atoms with Crippen LogP contribution in [0.1, 0.15) is 38.2 Å². The lowest BCUT2D eigenvalue weighted by Crippen LogP contribution is -2.42. The van der Waals surface area contributed by atoms with Crippen molar-refractivity contribution in [3.05, 3.63) is 24.2 Å². The van der Waals surface area contributed by atoms with Gasteiger partial charge in [0.1, 0.15) is 5.78 Å². The van der Waals surface area contributed by atoms with Crippen LogP contribution >= 0.6 is 0 Å². The SMILES string of the molecule is CCCC1(C(=O)Cc2ccoc2)CCNCC1. The summed E-state index contributed by atoms with van der Waals surface area (Å²) < 4.78 is 5.03. The topological polar surface area (TPSA) is 42.2 Å². The zero-order chi connectivity index (χ0) is 12.1. The summed E-state index contributed by atoms with van der Waals surface area (Å²) in [5, 5.41) is 3.34. The Bertz CT molecular complexity index is 345. The molecule has 1 fully saturated rings. The van der Waals surface area contributed by atoms with E-state index in [9.17, 15) is 4.79 Å². The average Bonchev–Trinajstić information content (AvgIpc) is 2.83. The molecule has 1 N–H and O–H groups in total. The van der Waals surface area contributed by atoms with E-state index < -0.39 is 0 Å². The number of hydrogen-bond donors (Lipinski definition) is 1. The Labute approximate surface area is 103 Å². The number of furan rings is 1. The molecule has 3 heteroatoms. The first-order valence-electron chi connectivity index (χ1n) is 6.52. The van der Waals surface area contributed by atoms with E-state index in [1.807, 2.05) is 6.07 Å². The van der Waals surface area contributed by atoms with Crippen molar-refractivity contribution in [2.45, 2.75) is 39.0 Å². The Hall–Kier alpha value is -1.09. The average molecular weight is 235 g/mol. The molecule has 0 amide bonds. The van der Waals surface area contributed by atoms with Gasteiger partial charge < -0.3 is 9.73 Å². The van der Waals surface area contributed by atoms with Crippen molar-refractivity contribution in [1.29, 1.82) is 0 Å². The zero-order valence-corrected chi connectivity index (χ0v) is 10.5. The van der Waals surface area contributed by atoms with E-state index in [1.165, 1.54) is 0 Å². The monoisotopic (exact) mass is 235 g/mol. The van der Waals surface area contributed by atoms with Gasteiger partial charge in [0.25, 0.3) is 0 Å². The number of hydrogen-bond acceptors (Lipinski definition) is 3. The van der Waals surface area contributed by atoms with Crippen molar-refractivity contribution in [3.63, 3.8) is 0 Å². The highest BCUT2D eigenvalue weighted by atomic mass is 16.3. The molecule has 1 aliphatic heterocycles. The van der Waals surface area contributed by atoms with Crippen LogP contribution in [0.5, 0.6) is 0 Å². The van der Waals surface area contributed by atoms with E-state index >= 15 is 0 Å². The van der Waals surface area contributed by atoms with Gasteiger partial charge in [-0.15, -0.1) is 0 Å². The number of carbonyl (C=O) groups excluding carboxylic acids is 1. The molecule has 1 saturated heterocycles. The first kappa shape index (κ1) is 12.4. The molecule has 0 atom stereocenters. The maximum Gasteiger partial charge on any atom is 0.143 e. The van der Waals surface area contributed by atoms with E-state index in [0.29, 0.717) is 12.2 Å². The number of nitrogens with one attached hydrogen (secondary N) is 1. The molecule has 17 heavy (non-hydrogen) atoms.